The van der Waals surface area contributed by atoms with Crippen LogP contribution in [0, 0.1) is 11.8 Å². The maximum atomic E-state index is 5.82. The highest BCUT2D eigenvalue weighted by atomic mass is 35.5. The van der Waals surface area contributed by atoms with Crippen LogP contribution < -0.4 is 5.32 Å². The van der Waals surface area contributed by atoms with Gasteiger partial charge in [-0.2, -0.15) is 0 Å². The highest BCUT2D eigenvalue weighted by Gasteiger charge is 2.23. The van der Waals surface area contributed by atoms with E-state index in [-0.39, 0.29) is 0 Å². The molecule has 3 heteroatoms. The molecule has 0 aliphatic heterocycles. The lowest BCUT2D eigenvalue weighted by Gasteiger charge is -2.32. The van der Waals surface area contributed by atoms with Gasteiger partial charge in [0.25, 0.3) is 0 Å². The molecular weight excluding hydrogens is 217 g/mol. The second-order valence-electron chi connectivity index (χ2n) is 4.55. The first-order valence-electron chi connectivity index (χ1n) is 5.30. The lowest BCUT2D eigenvalue weighted by molar-refractivity contribution is 0.243. The highest BCUT2D eigenvalue weighted by Crippen LogP contribution is 2.28. The van der Waals surface area contributed by atoms with Crippen LogP contribution in [-0.4, -0.2) is 12.6 Å². The summed E-state index contributed by atoms with van der Waals surface area (Å²) in [7, 11) is 0. The molecule has 0 spiro atoms. The third-order valence-electron chi connectivity index (χ3n) is 2.86. The van der Waals surface area contributed by atoms with Gasteiger partial charge >= 0.3 is 0 Å². The molecule has 2 unspecified atom stereocenters. The van der Waals surface area contributed by atoms with Crippen molar-refractivity contribution in [1.82, 2.24) is 5.32 Å². The molecule has 0 saturated heterocycles. The second kappa shape index (κ2) is 5.99. The molecule has 0 amide bonds. The quantitative estimate of drug-likeness (QED) is 0.787. The minimum Gasteiger partial charge on any atom is -0.309 e. The molecule has 0 radical (unpaired) electrons. The Labute approximate surface area is 96.8 Å². The van der Waals surface area contributed by atoms with Crippen LogP contribution in [-0.2, 0) is 0 Å². The maximum absolute atomic E-state index is 5.82. The van der Waals surface area contributed by atoms with Crippen LogP contribution in [0.5, 0.6) is 0 Å². The van der Waals surface area contributed by atoms with Crippen LogP contribution >= 0.6 is 23.2 Å². The third-order valence-corrected chi connectivity index (χ3v) is 3.47. The summed E-state index contributed by atoms with van der Waals surface area (Å²) in [6.45, 7) is 5.35. The van der Waals surface area contributed by atoms with Crippen molar-refractivity contribution in [3.8, 4) is 0 Å². The van der Waals surface area contributed by atoms with Crippen molar-refractivity contribution in [2.75, 3.05) is 6.54 Å². The predicted molar refractivity (Wildman–Crippen MR) is 63.8 cm³/mol. The van der Waals surface area contributed by atoms with Crippen molar-refractivity contribution in [2.45, 2.75) is 39.2 Å². The van der Waals surface area contributed by atoms with Gasteiger partial charge in [-0.25, -0.2) is 0 Å². The van der Waals surface area contributed by atoms with Crippen molar-refractivity contribution >= 4 is 23.2 Å². The zero-order valence-electron chi connectivity index (χ0n) is 8.89. The summed E-state index contributed by atoms with van der Waals surface area (Å²) in [6, 6.07) is 0.610. The molecule has 2 atom stereocenters. The lowest BCUT2D eigenvalue weighted by atomic mass is 9.80. The first-order valence-corrected chi connectivity index (χ1v) is 6.11. The molecule has 0 bridgehead atoms. The molecule has 0 aromatic carbocycles. The number of hydrogen-bond acceptors (Lipinski definition) is 1. The van der Waals surface area contributed by atoms with Gasteiger partial charge in [0.1, 0.15) is 0 Å². The Morgan fingerprint density at radius 2 is 1.86 bits per heavy atom. The molecule has 1 rings (SSSR count). The van der Waals surface area contributed by atoms with Crippen molar-refractivity contribution in [3.05, 3.63) is 10.6 Å². The standard InChI is InChI=1S/C11H19Cl2N/c1-8-3-9(2)5-11(4-8)14-7-10(13)6-12/h6,8-9,11,14H,3-5,7H2,1-2H3. The number of rotatable bonds is 3. The van der Waals surface area contributed by atoms with Crippen LogP contribution in [0.1, 0.15) is 33.1 Å². The Morgan fingerprint density at radius 3 is 2.36 bits per heavy atom. The Bertz CT molecular complexity index is 193. The van der Waals surface area contributed by atoms with Gasteiger partial charge in [-0.3, -0.25) is 0 Å². The summed E-state index contributed by atoms with van der Waals surface area (Å²) >= 11 is 11.3. The largest absolute Gasteiger partial charge is 0.309 e. The van der Waals surface area contributed by atoms with E-state index < -0.39 is 0 Å². The van der Waals surface area contributed by atoms with E-state index in [9.17, 15) is 0 Å². The summed E-state index contributed by atoms with van der Waals surface area (Å²) in [6.07, 6.45) is 3.88. The molecule has 14 heavy (non-hydrogen) atoms. The summed E-state index contributed by atoms with van der Waals surface area (Å²) in [5, 5.41) is 4.14. The van der Waals surface area contributed by atoms with Gasteiger partial charge in [-0.15, -0.1) is 0 Å². The first-order chi connectivity index (χ1) is 6.61. The van der Waals surface area contributed by atoms with E-state index in [1.807, 2.05) is 0 Å². The molecule has 1 saturated carbocycles. The van der Waals surface area contributed by atoms with Crippen molar-refractivity contribution in [1.29, 1.82) is 0 Å². The minimum absolute atomic E-state index is 0.610. The lowest BCUT2D eigenvalue weighted by Crippen LogP contribution is -2.36. The second-order valence-corrected chi connectivity index (χ2v) is 5.25. The zero-order chi connectivity index (χ0) is 10.6. The van der Waals surface area contributed by atoms with Gasteiger partial charge in [0.15, 0.2) is 0 Å². The third kappa shape index (κ3) is 4.20. The van der Waals surface area contributed by atoms with E-state index in [2.05, 4.69) is 19.2 Å². The normalized spacial score (nSPS) is 34.6. The molecule has 0 aromatic rings. The zero-order valence-corrected chi connectivity index (χ0v) is 10.4. The molecule has 1 nitrogen and oxygen atoms in total. The number of hydrogen-bond donors (Lipinski definition) is 1. The van der Waals surface area contributed by atoms with Gasteiger partial charge in [0.2, 0.25) is 0 Å². The molecular formula is C11H19Cl2N. The van der Waals surface area contributed by atoms with E-state index in [0.717, 1.165) is 11.8 Å². The SMILES string of the molecule is CC1CC(C)CC(NCC(Cl)=CCl)C1. The molecule has 82 valence electrons. The summed E-state index contributed by atoms with van der Waals surface area (Å²) in [4.78, 5) is 0. The average molecular weight is 236 g/mol. The van der Waals surface area contributed by atoms with E-state index in [1.54, 1.807) is 0 Å². The monoisotopic (exact) mass is 235 g/mol. The topological polar surface area (TPSA) is 12.0 Å². The molecule has 1 aliphatic carbocycles. The predicted octanol–water partition coefficient (Wildman–Crippen LogP) is 3.72. The van der Waals surface area contributed by atoms with Crippen LogP contribution in [0.15, 0.2) is 10.6 Å². The van der Waals surface area contributed by atoms with E-state index in [1.165, 1.54) is 24.8 Å². The molecule has 1 aliphatic rings. The smallest absolute Gasteiger partial charge is 0.0431 e. The van der Waals surface area contributed by atoms with Crippen molar-refractivity contribution in [3.63, 3.8) is 0 Å². The van der Waals surface area contributed by atoms with Crippen LogP contribution in [0.3, 0.4) is 0 Å². The van der Waals surface area contributed by atoms with Gasteiger partial charge in [-0.05, 0) is 31.1 Å². The van der Waals surface area contributed by atoms with Gasteiger partial charge in [0, 0.05) is 23.2 Å². The van der Waals surface area contributed by atoms with Crippen molar-refractivity contribution in [2.24, 2.45) is 11.8 Å². The Kier molecular flexibility index (Phi) is 5.29. The summed E-state index contributed by atoms with van der Waals surface area (Å²) in [5.41, 5.74) is 1.43. The van der Waals surface area contributed by atoms with Crippen LogP contribution in [0.2, 0.25) is 0 Å². The van der Waals surface area contributed by atoms with Gasteiger partial charge in [0.05, 0.1) is 0 Å². The van der Waals surface area contributed by atoms with Crippen LogP contribution in [0.4, 0.5) is 0 Å². The Hall–Kier alpha value is 0.280. The first kappa shape index (κ1) is 12.4. The number of halogens is 2. The maximum Gasteiger partial charge on any atom is 0.0431 e. The summed E-state index contributed by atoms with van der Waals surface area (Å²) in [5.74, 6) is 1.66. The van der Waals surface area contributed by atoms with E-state index >= 15 is 0 Å². The van der Waals surface area contributed by atoms with Gasteiger partial charge < -0.3 is 5.32 Å². The highest BCUT2D eigenvalue weighted by molar-refractivity contribution is 6.36. The molecule has 1 N–H and O–H groups in total. The van der Waals surface area contributed by atoms with Gasteiger partial charge in [-0.1, -0.05) is 37.0 Å². The molecule has 0 heterocycles. The van der Waals surface area contributed by atoms with Crippen molar-refractivity contribution < 1.29 is 0 Å². The fourth-order valence-electron chi connectivity index (χ4n) is 2.39. The summed E-state index contributed by atoms with van der Waals surface area (Å²) < 4.78 is 0. The van der Waals surface area contributed by atoms with E-state index in [4.69, 9.17) is 23.2 Å². The Morgan fingerprint density at radius 1 is 1.29 bits per heavy atom. The Balaban J connectivity index is 2.30. The molecule has 0 aromatic heterocycles. The molecule has 1 fully saturated rings. The minimum atomic E-state index is 0.610. The van der Waals surface area contributed by atoms with E-state index in [0.29, 0.717) is 17.6 Å². The fourth-order valence-corrected chi connectivity index (χ4v) is 2.55. The average Bonchev–Trinajstić information content (AvgIpc) is 2.12. The number of nitrogens with one attached hydrogen (secondary N) is 1. The fraction of sp³-hybridized carbons (Fsp3) is 0.818. The van der Waals surface area contributed by atoms with Crippen LogP contribution in [0.25, 0.3) is 0 Å².